The van der Waals surface area contributed by atoms with Crippen LogP contribution < -0.4 is 9.47 Å². The number of hydrogen-bond acceptors (Lipinski definition) is 5. The summed E-state index contributed by atoms with van der Waals surface area (Å²) in [6.07, 6.45) is 0. The topological polar surface area (TPSA) is 57.1 Å². The summed E-state index contributed by atoms with van der Waals surface area (Å²) in [5, 5.41) is 0. The van der Waals surface area contributed by atoms with E-state index < -0.39 is 5.41 Å². The molecule has 66 heavy (non-hydrogen) atoms. The zero-order valence-corrected chi connectivity index (χ0v) is 36.4. The summed E-state index contributed by atoms with van der Waals surface area (Å²) >= 11 is 0. The van der Waals surface area contributed by atoms with Crippen LogP contribution in [0.1, 0.15) is 47.2 Å². The van der Waals surface area contributed by atoms with Gasteiger partial charge in [-0.3, -0.25) is 0 Å². The molecule has 3 aliphatic rings. The number of ether oxygens (including phenoxy) is 2. The van der Waals surface area contributed by atoms with Crippen molar-refractivity contribution in [2.45, 2.75) is 24.7 Å². The lowest BCUT2D eigenvalue weighted by molar-refractivity contribution is 0.360. The van der Waals surface area contributed by atoms with E-state index in [-0.39, 0.29) is 5.41 Å². The van der Waals surface area contributed by atoms with Gasteiger partial charge in [0.1, 0.15) is 0 Å². The van der Waals surface area contributed by atoms with Crippen LogP contribution >= 0.6 is 0 Å². The fraction of sp³-hybridized carbons (Fsp3) is 0.0656. The smallest absolute Gasteiger partial charge is 0.178 e. The normalized spacial score (nSPS) is 14.1. The van der Waals surface area contributed by atoms with Crippen LogP contribution in [0, 0.1) is 0 Å². The predicted octanol–water partition coefficient (Wildman–Crippen LogP) is 15.1. The van der Waals surface area contributed by atoms with Gasteiger partial charge in [-0.25, -0.2) is 15.0 Å². The van der Waals surface area contributed by atoms with Crippen molar-refractivity contribution >= 4 is 0 Å². The molecule has 0 bridgehead atoms. The molecule has 5 nitrogen and oxygen atoms in total. The number of fused-ring (bicyclic) bond motifs is 9. The molecule has 10 aromatic rings. The van der Waals surface area contributed by atoms with Gasteiger partial charge < -0.3 is 9.47 Å². The minimum Gasteiger partial charge on any atom is -0.449 e. The number of aromatic nitrogens is 3. The molecule has 0 saturated heterocycles. The molecule has 0 spiro atoms. The molecule has 0 fully saturated rings. The zero-order chi connectivity index (χ0) is 44.0. The average molecular weight is 848 g/mol. The number of rotatable bonds is 6. The van der Waals surface area contributed by atoms with Gasteiger partial charge in [0.15, 0.2) is 40.5 Å². The molecule has 312 valence electrons. The molecule has 0 N–H and O–H groups in total. The Morgan fingerprint density at radius 2 is 0.879 bits per heavy atom. The highest BCUT2D eigenvalue weighted by Crippen LogP contribution is 2.62. The second-order valence-electron chi connectivity index (χ2n) is 17.9. The third-order valence-electron chi connectivity index (χ3n) is 13.9. The SMILES string of the molecule is CC1(C)c2ccccc2-c2ccc(-c3nc(-c4ccccc4)nc(-c4ccccc4-c4ccc5c(c4)Oc4ccc6c(c4O5)-c4ccccc4C6(c4ccccc4)c4ccccc4)n3)cc21. The number of nitrogens with zero attached hydrogens (tertiary/aromatic N) is 3. The first kappa shape index (κ1) is 38.1. The van der Waals surface area contributed by atoms with E-state index in [9.17, 15) is 0 Å². The van der Waals surface area contributed by atoms with E-state index in [2.05, 4.69) is 184 Å². The predicted molar refractivity (Wildman–Crippen MR) is 263 cm³/mol. The Kier molecular flexibility index (Phi) is 8.40. The molecule has 2 aliphatic carbocycles. The van der Waals surface area contributed by atoms with Crippen molar-refractivity contribution in [3.63, 3.8) is 0 Å². The van der Waals surface area contributed by atoms with E-state index in [1.807, 2.05) is 42.5 Å². The molecular weight excluding hydrogens is 807 g/mol. The van der Waals surface area contributed by atoms with E-state index in [1.54, 1.807) is 0 Å². The van der Waals surface area contributed by atoms with Crippen LogP contribution in [0.5, 0.6) is 23.0 Å². The van der Waals surface area contributed by atoms with Gasteiger partial charge in [0.2, 0.25) is 0 Å². The lowest BCUT2D eigenvalue weighted by Crippen LogP contribution is -2.28. The fourth-order valence-corrected chi connectivity index (χ4v) is 10.8. The molecule has 0 unspecified atom stereocenters. The van der Waals surface area contributed by atoms with Crippen molar-refractivity contribution in [1.82, 2.24) is 15.0 Å². The second-order valence-corrected chi connectivity index (χ2v) is 17.9. The van der Waals surface area contributed by atoms with Gasteiger partial charge in [0, 0.05) is 27.7 Å². The van der Waals surface area contributed by atoms with Crippen LogP contribution in [0.2, 0.25) is 0 Å². The summed E-state index contributed by atoms with van der Waals surface area (Å²) in [4.78, 5) is 15.5. The van der Waals surface area contributed by atoms with Crippen LogP contribution in [-0.4, -0.2) is 15.0 Å². The molecule has 0 saturated carbocycles. The lowest BCUT2D eigenvalue weighted by atomic mass is 9.68. The summed E-state index contributed by atoms with van der Waals surface area (Å²) < 4.78 is 13.9. The van der Waals surface area contributed by atoms with Crippen LogP contribution in [-0.2, 0) is 10.8 Å². The Balaban J connectivity index is 0.909. The maximum absolute atomic E-state index is 6.99. The highest BCUT2D eigenvalue weighted by molar-refractivity contribution is 5.92. The van der Waals surface area contributed by atoms with Gasteiger partial charge in [0.25, 0.3) is 0 Å². The van der Waals surface area contributed by atoms with E-state index >= 15 is 0 Å². The Morgan fingerprint density at radius 3 is 1.61 bits per heavy atom. The molecule has 5 heteroatoms. The second kappa shape index (κ2) is 14.6. The van der Waals surface area contributed by atoms with Gasteiger partial charge in [-0.15, -0.1) is 0 Å². The van der Waals surface area contributed by atoms with Crippen LogP contribution in [0.4, 0.5) is 0 Å². The summed E-state index contributed by atoms with van der Waals surface area (Å²) in [5.41, 5.74) is 16.1. The first-order chi connectivity index (χ1) is 32.5. The Hall–Kier alpha value is -8.41. The number of benzene rings is 9. The van der Waals surface area contributed by atoms with E-state index in [1.165, 1.54) is 38.9 Å². The van der Waals surface area contributed by atoms with Crippen LogP contribution in [0.25, 0.3) is 67.5 Å². The molecule has 0 atom stereocenters. The Bertz CT molecular complexity index is 3530. The largest absolute Gasteiger partial charge is 0.449 e. The Labute approximate surface area is 383 Å². The van der Waals surface area contributed by atoms with Gasteiger partial charge in [-0.2, -0.15) is 0 Å². The average Bonchev–Trinajstić information content (AvgIpc) is 3.82. The van der Waals surface area contributed by atoms with E-state index in [4.69, 9.17) is 24.4 Å². The summed E-state index contributed by atoms with van der Waals surface area (Å²) in [7, 11) is 0. The van der Waals surface area contributed by atoms with Gasteiger partial charge in [0.05, 0.1) is 5.41 Å². The standard InChI is InChI=1S/C61H41N3O2/c1-60(2)48-28-16-14-25-44(48)45-32-30-40(36-51(45)60)58-62-57(38-18-6-3-7-19-38)63-59(64-58)46-26-13-12-24-43(46)39-31-34-52-54(37-39)65-53-35-33-50-55(56(53)66-52)47-27-15-17-29-49(47)61(50,41-20-8-4-9-21-41)42-22-10-5-11-23-42/h3-37H,1-2H3. The fourth-order valence-electron chi connectivity index (χ4n) is 10.8. The molecule has 9 aromatic carbocycles. The molecule has 2 heterocycles. The maximum Gasteiger partial charge on any atom is 0.178 e. The summed E-state index contributed by atoms with van der Waals surface area (Å²) in [6.45, 7) is 4.59. The van der Waals surface area contributed by atoms with Crippen molar-refractivity contribution < 1.29 is 9.47 Å². The Morgan fingerprint density at radius 1 is 0.333 bits per heavy atom. The molecule has 1 aromatic heterocycles. The van der Waals surface area contributed by atoms with Gasteiger partial charge in [-0.05, 0) is 85.5 Å². The highest BCUT2D eigenvalue weighted by atomic mass is 16.6. The monoisotopic (exact) mass is 847 g/mol. The quantitative estimate of drug-likeness (QED) is 0.167. The molecule has 1 aliphatic heterocycles. The molecule has 0 amide bonds. The third kappa shape index (κ3) is 5.63. The van der Waals surface area contributed by atoms with Crippen molar-refractivity contribution in [2.75, 3.05) is 0 Å². The summed E-state index contributed by atoms with van der Waals surface area (Å²) in [5.74, 6) is 4.52. The lowest BCUT2D eigenvalue weighted by Gasteiger charge is -2.34. The minimum atomic E-state index is -0.543. The van der Waals surface area contributed by atoms with Gasteiger partial charge >= 0.3 is 0 Å². The highest BCUT2D eigenvalue weighted by Gasteiger charge is 2.48. The van der Waals surface area contributed by atoms with E-state index in [0.29, 0.717) is 34.7 Å². The minimum absolute atomic E-state index is 0.162. The van der Waals surface area contributed by atoms with Crippen molar-refractivity contribution in [2.24, 2.45) is 0 Å². The van der Waals surface area contributed by atoms with Crippen LogP contribution in [0.3, 0.4) is 0 Å². The zero-order valence-electron chi connectivity index (χ0n) is 36.4. The molecule has 13 rings (SSSR count). The maximum atomic E-state index is 6.99. The molecular formula is C61H41N3O2. The van der Waals surface area contributed by atoms with Crippen molar-refractivity contribution in [3.8, 4) is 90.5 Å². The first-order valence-electron chi connectivity index (χ1n) is 22.5. The van der Waals surface area contributed by atoms with E-state index in [0.717, 1.165) is 50.3 Å². The summed E-state index contributed by atoms with van der Waals surface area (Å²) in [6, 6.07) is 74.6. The van der Waals surface area contributed by atoms with Crippen molar-refractivity contribution in [3.05, 3.63) is 246 Å². The van der Waals surface area contributed by atoms with Gasteiger partial charge in [-0.1, -0.05) is 202 Å². The van der Waals surface area contributed by atoms with Crippen molar-refractivity contribution in [1.29, 1.82) is 0 Å². The molecule has 0 radical (unpaired) electrons. The third-order valence-corrected chi connectivity index (χ3v) is 13.9. The van der Waals surface area contributed by atoms with Crippen LogP contribution in [0.15, 0.2) is 212 Å². The first-order valence-corrected chi connectivity index (χ1v) is 22.5. The number of hydrogen-bond donors (Lipinski definition) is 0.